The van der Waals surface area contributed by atoms with Crippen LogP contribution in [0.5, 0.6) is 0 Å². The van der Waals surface area contributed by atoms with Gasteiger partial charge in [0.05, 0.1) is 5.88 Å². The first-order valence-electron chi connectivity index (χ1n) is 3.74. The molecule has 15 heavy (non-hydrogen) atoms. The Morgan fingerprint density at radius 3 is 2.60 bits per heavy atom. The molecule has 7 heteroatoms. The molecule has 0 spiro atoms. The van der Waals surface area contributed by atoms with Crippen LogP contribution < -0.4 is 0 Å². The molecule has 0 aromatic carbocycles. The third-order valence-corrected chi connectivity index (χ3v) is 1.93. The molecule has 1 N–H and O–H groups in total. The number of hydrogen-bond acceptors (Lipinski definition) is 2. The number of carboxylic acids is 1. The molecule has 1 aromatic rings. The van der Waals surface area contributed by atoms with Gasteiger partial charge in [-0.25, -0.2) is 22.9 Å². The molecule has 0 bridgehead atoms. The van der Waals surface area contributed by atoms with Crippen molar-refractivity contribution in [2.45, 2.75) is 12.3 Å². The van der Waals surface area contributed by atoms with E-state index in [1.54, 1.807) is 0 Å². The lowest BCUT2D eigenvalue weighted by Gasteiger charge is -2.07. The molecule has 0 aliphatic rings. The van der Waals surface area contributed by atoms with Crippen LogP contribution in [0, 0.1) is 5.82 Å². The lowest BCUT2D eigenvalue weighted by Crippen LogP contribution is -2.08. The highest BCUT2D eigenvalue weighted by molar-refractivity contribution is 6.17. The lowest BCUT2D eigenvalue weighted by molar-refractivity contribution is 0.0688. The standard InChI is InChI=1S/C8H5ClF3NO2/c9-2-3-4(10)1-5(8(14)15)13-6(3)7(11)12/h1,7H,2H2,(H,14,15). The van der Waals surface area contributed by atoms with Crippen molar-refractivity contribution >= 4 is 17.6 Å². The van der Waals surface area contributed by atoms with Crippen LogP contribution in [-0.4, -0.2) is 16.1 Å². The number of aromatic nitrogens is 1. The van der Waals surface area contributed by atoms with Crippen LogP contribution in [0.2, 0.25) is 0 Å². The molecule has 0 saturated carbocycles. The molecule has 0 amide bonds. The summed E-state index contributed by atoms with van der Waals surface area (Å²) in [5.41, 5.74) is -2.17. The molecule has 0 aliphatic heterocycles. The molecule has 0 unspecified atom stereocenters. The fourth-order valence-electron chi connectivity index (χ4n) is 0.981. The van der Waals surface area contributed by atoms with Gasteiger partial charge in [-0.15, -0.1) is 11.6 Å². The molecule has 0 fully saturated rings. The Hall–Kier alpha value is -1.30. The van der Waals surface area contributed by atoms with E-state index in [1.807, 2.05) is 0 Å². The summed E-state index contributed by atoms with van der Waals surface area (Å²) in [6.45, 7) is 0. The summed E-state index contributed by atoms with van der Waals surface area (Å²) in [5, 5.41) is 8.47. The van der Waals surface area contributed by atoms with E-state index in [0.29, 0.717) is 6.07 Å². The molecule has 0 saturated heterocycles. The average molecular weight is 240 g/mol. The fourth-order valence-corrected chi connectivity index (χ4v) is 1.25. The van der Waals surface area contributed by atoms with E-state index in [4.69, 9.17) is 16.7 Å². The summed E-state index contributed by atoms with van der Waals surface area (Å²) < 4.78 is 37.8. The number of rotatable bonds is 3. The maximum atomic E-state index is 13.1. The number of alkyl halides is 3. The summed E-state index contributed by atoms with van der Waals surface area (Å²) in [6.07, 6.45) is -3.06. The van der Waals surface area contributed by atoms with Gasteiger partial charge in [0.1, 0.15) is 11.5 Å². The first kappa shape index (κ1) is 11.8. The minimum atomic E-state index is -3.06. The molecular formula is C8H5ClF3NO2. The third-order valence-electron chi connectivity index (χ3n) is 1.66. The Morgan fingerprint density at radius 1 is 1.60 bits per heavy atom. The topological polar surface area (TPSA) is 50.2 Å². The number of aromatic carboxylic acids is 1. The zero-order valence-corrected chi connectivity index (χ0v) is 7.93. The second-order valence-corrected chi connectivity index (χ2v) is 2.86. The highest BCUT2D eigenvalue weighted by atomic mass is 35.5. The summed E-state index contributed by atoms with van der Waals surface area (Å²) in [5.74, 6) is -3.15. The third kappa shape index (κ3) is 2.38. The Kier molecular flexibility index (Phi) is 3.52. The normalized spacial score (nSPS) is 10.7. The second-order valence-electron chi connectivity index (χ2n) is 2.59. The van der Waals surface area contributed by atoms with Gasteiger partial charge in [-0.3, -0.25) is 0 Å². The minimum absolute atomic E-state index is 0.475. The fraction of sp³-hybridized carbons (Fsp3) is 0.250. The first-order valence-corrected chi connectivity index (χ1v) is 4.27. The van der Waals surface area contributed by atoms with Crippen LogP contribution >= 0.6 is 11.6 Å². The average Bonchev–Trinajstić information content (AvgIpc) is 2.16. The van der Waals surface area contributed by atoms with Crippen LogP contribution in [-0.2, 0) is 5.88 Å². The Morgan fingerprint density at radius 2 is 2.20 bits per heavy atom. The van der Waals surface area contributed by atoms with Crippen molar-refractivity contribution in [2.75, 3.05) is 0 Å². The number of pyridine rings is 1. The largest absolute Gasteiger partial charge is 0.477 e. The van der Waals surface area contributed by atoms with Crippen molar-refractivity contribution < 1.29 is 23.1 Å². The van der Waals surface area contributed by atoms with Gasteiger partial charge in [-0.2, -0.15) is 0 Å². The Bertz CT molecular complexity index is 398. The van der Waals surface area contributed by atoms with Gasteiger partial charge in [0, 0.05) is 11.6 Å². The summed E-state index contributed by atoms with van der Waals surface area (Å²) >= 11 is 5.25. The van der Waals surface area contributed by atoms with Crippen molar-refractivity contribution in [3.8, 4) is 0 Å². The zero-order valence-electron chi connectivity index (χ0n) is 7.18. The van der Waals surface area contributed by atoms with Gasteiger partial charge in [-0.05, 0) is 0 Å². The zero-order chi connectivity index (χ0) is 11.6. The van der Waals surface area contributed by atoms with E-state index in [-0.39, 0.29) is 0 Å². The number of carbonyl (C=O) groups is 1. The van der Waals surface area contributed by atoms with Crippen LogP contribution in [0.3, 0.4) is 0 Å². The molecule has 0 radical (unpaired) electrons. The van der Waals surface area contributed by atoms with Gasteiger partial charge < -0.3 is 5.11 Å². The molecule has 1 aromatic heterocycles. The van der Waals surface area contributed by atoms with E-state index < -0.39 is 41.0 Å². The SMILES string of the molecule is O=C(O)c1cc(F)c(CCl)c(C(F)F)n1. The molecule has 0 aliphatic carbocycles. The number of halogens is 4. The summed E-state index contributed by atoms with van der Waals surface area (Å²) in [7, 11) is 0. The maximum Gasteiger partial charge on any atom is 0.354 e. The molecule has 0 atom stereocenters. The van der Waals surface area contributed by atoms with Gasteiger partial charge in [-0.1, -0.05) is 0 Å². The van der Waals surface area contributed by atoms with Crippen molar-refractivity contribution in [3.63, 3.8) is 0 Å². The smallest absolute Gasteiger partial charge is 0.354 e. The summed E-state index contributed by atoms with van der Waals surface area (Å²) in [6, 6.07) is 0.561. The highest BCUT2D eigenvalue weighted by Gasteiger charge is 2.21. The summed E-state index contributed by atoms with van der Waals surface area (Å²) in [4.78, 5) is 13.5. The monoisotopic (exact) mass is 239 g/mol. The molecular weight excluding hydrogens is 235 g/mol. The highest BCUT2D eigenvalue weighted by Crippen LogP contribution is 2.25. The van der Waals surface area contributed by atoms with E-state index in [9.17, 15) is 18.0 Å². The predicted molar refractivity (Wildman–Crippen MR) is 45.7 cm³/mol. The molecule has 1 rings (SSSR count). The first-order chi connectivity index (χ1) is 6.97. The van der Waals surface area contributed by atoms with Crippen molar-refractivity contribution in [2.24, 2.45) is 0 Å². The maximum absolute atomic E-state index is 13.1. The van der Waals surface area contributed by atoms with Crippen LogP contribution in [0.25, 0.3) is 0 Å². The minimum Gasteiger partial charge on any atom is -0.477 e. The molecule has 3 nitrogen and oxygen atoms in total. The Balaban J connectivity index is 3.38. The molecule has 1 heterocycles. The van der Waals surface area contributed by atoms with Gasteiger partial charge in [0.15, 0.2) is 5.69 Å². The van der Waals surface area contributed by atoms with Crippen molar-refractivity contribution in [1.82, 2.24) is 4.98 Å². The van der Waals surface area contributed by atoms with Crippen LogP contribution in [0.4, 0.5) is 13.2 Å². The molecule has 82 valence electrons. The lowest BCUT2D eigenvalue weighted by atomic mass is 10.2. The number of carboxylic acid groups (broad SMARTS) is 1. The van der Waals surface area contributed by atoms with E-state index in [0.717, 1.165) is 0 Å². The number of nitrogens with zero attached hydrogens (tertiary/aromatic N) is 1. The van der Waals surface area contributed by atoms with Gasteiger partial charge in [0.2, 0.25) is 0 Å². The van der Waals surface area contributed by atoms with E-state index in [2.05, 4.69) is 4.98 Å². The van der Waals surface area contributed by atoms with Crippen LogP contribution in [0.15, 0.2) is 6.07 Å². The van der Waals surface area contributed by atoms with Gasteiger partial charge >= 0.3 is 5.97 Å². The number of hydrogen-bond donors (Lipinski definition) is 1. The van der Waals surface area contributed by atoms with Gasteiger partial charge in [0.25, 0.3) is 6.43 Å². The predicted octanol–water partition coefficient (Wildman–Crippen LogP) is 2.60. The quantitative estimate of drug-likeness (QED) is 0.825. The van der Waals surface area contributed by atoms with Crippen molar-refractivity contribution in [3.05, 3.63) is 28.8 Å². The second kappa shape index (κ2) is 4.48. The van der Waals surface area contributed by atoms with Crippen LogP contribution in [0.1, 0.15) is 28.2 Å². The van der Waals surface area contributed by atoms with E-state index >= 15 is 0 Å². The van der Waals surface area contributed by atoms with E-state index in [1.165, 1.54) is 0 Å². The van der Waals surface area contributed by atoms with Crippen molar-refractivity contribution in [1.29, 1.82) is 0 Å². The Labute approximate surface area is 87.5 Å².